The summed E-state index contributed by atoms with van der Waals surface area (Å²) in [6.45, 7) is 3.80. The van der Waals surface area contributed by atoms with Crippen LogP contribution in [0.3, 0.4) is 0 Å². The number of benzene rings is 1. The fourth-order valence-corrected chi connectivity index (χ4v) is 2.31. The van der Waals surface area contributed by atoms with Crippen LogP contribution in [-0.4, -0.2) is 22.1 Å². The molecule has 0 amide bonds. The first-order chi connectivity index (χ1) is 9.08. The minimum atomic E-state index is -0.532. The molecule has 19 heavy (non-hydrogen) atoms. The van der Waals surface area contributed by atoms with E-state index in [1.807, 2.05) is 0 Å². The Morgan fingerprint density at radius 1 is 1.63 bits per heavy atom. The standard InChI is InChI=1S/C13H13N3O2S/c1-3-18-12(17)8(2)16-11-6-9(7-14)4-5-10(11)15-13(16)19/h4-6,8H,3H2,1-2H3,(H,15,19). The number of ether oxygens (including phenoxy) is 1. The van der Waals surface area contributed by atoms with Gasteiger partial charge >= 0.3 is 5.97 Å². The van der Waals surface area contributed by atoms with Crippen molar-refractivity contribution >= 4 is 29.2 Å². The topological polar surface area (TPSA) is 70.8 Å². The highest BCUT2D eigenvalue weighted by atomic mass is 32.1. The largest absolute Gasteiger partial charge is 0.464 e. The number of imidazole rings is 1. The van der Waals surface area contributed by atoms with E-state index in [2.05, 4.69) is 11.1 Å². The molecular formula is C13H13N3O2S. The van der Waals surface area contributed by atoms with Crippen LogP contribution in [0.1, 0.15) is 25.5 Å². The van der Waals surface area contributed by atoms with Crippen molar-refractivity contribution in [2.75, 3.05) is 6.61 Å². The zero-order chi connectivity index (χ0) is 14.0. The van der Waals surface area contributed by atoms with E-state index in [4.69, 9.17) is 22.2 Å². The minimum absolute atomic E-state index is 0.322. The number of hydrogen-bond donors (Lipinski definition) is 1. The van der Waals surface area contributed by atoms with E-state index in [1.54, 1.807) is 36.6 Å². The van der Waals surface area contributed by atoms with Gasteiger partial charge in [-0.2, -0.15) is 5.26 Å². The van der Waals surface area contributed by atoms with Gasteiger partial charge in [0.15, 0.2) is 4.77 Å². The number of esters is 1. The number of H-pyrrole nitrogens is 1. The molecule has 0 radical (unpaired) electrons. The van der Waals surface area contributed by atoms with Crippen LogP contribution < -0.4 is 0 Å². The van der Waals surface area contributed by atoms with Crippen molar-refractivity contribution in [3.63, 3.8) is 0 Å². The summed E-state index contributed by atoms with van der Waals surface area (Å²) in [5.41, 5.74) is 2.04. The van der Waals surface area contributed by atoms with E-state index in [0.717, 1.165) is 11.0 Å². The van der Waals surface area contributed by atoms with Crippen molar-refractivity contribution in [1.29, 1.82) is 5.26 Å². The summed E-state index contributed by atoms with van der Waals surface area (Å²) in [5.74, 6) is -0.345. The molecule has 6 heteroatoms. The van der Waals surface area contributed by atoms with E-state index in [0.29, 0.717) is 16.9 Å². The summed E-state index contributed by atoms with van der Waals surface area (Å²) in [6.07, 6.45) is 0. The lowest BCUT2D eigenvalue weighted by Crippen LogP contribution is -2.19. The highest BCUT2D eigenvalue weighted by molar-refractivity contribution is 7.71. The van der Waals surface area contributed by atoms with Crippen molar-refractivity contribution in [3.05, 3.63) is 28.5 Å². The summed E-state index contributed by atoms with van der Waals surface area (Å²) in [5, 5.41) is 8.94. The molecule has 1 heterocycles. The van der Waals surface area contributed by atoms with Gasteiger partial charge in [0.2, 0.25) is 0 Å². The maximum Gasteiger partial charge on any atom is 0.328 e. The summed E-state index contributed by atoms with van der Waals surface area (Å²) < 4.78 is 7.11. The summed E-state index contributed by atoms with van der Waals surface area (Å²) in [6, 6.07) is 6.72. The summed E-state index contributed by atoms with van der Waals surface area (Å²) >= 11 is 5.23. The first-order valence-electron chi connectivity index (χ1n) is 5.89. The Hall–Kier alpha value is -2.13. The number of aromatic nitrogens is 2. The highest BCUT2D eigenvalue weighted by Gasteiger charge is 2.19. The second-order valence-electron chi connectivity index (χ2n) is 4.07. The van der Waals surface area contributed by atoms with E-state index in [-0.39, 0.29) is 5.97 Å². The Kier molecular flexibility index (Phi) is 3.67. The van der Waals surface area contributed by atoms with Gasteiger partial charge in [-0.15, -0.1) is 0 Å². The SMILES string of the molecule is CCOC(=O)C(C)n1c(=S)[nH]c2ccc(C#N)cc21. The molecular weight excluding hydrogens is 262 g/mol. The third-order valence-electron chi connectivity index (χ3n) is 2.86. The molecule has 1 aromatic carbocycles. The van der Waals surface area contributed by atoms with Gasteiger partial charge in [-0.1, -0.05) is 0 Å². The molecule has 0 aliphatic rings. The normalized spacial score (nSPS) is 12.1. The van der Waals surface area contributed by atoms with Gasteiger partial charge in [-0.3, -0.25) is 0 Å². The number of nitrogens with one attached hydrogen (secondary N) is 1. The number of rotatable bonds is 3. The second kappa shape index (κ2) is 5.24. The fourth-order valence-electron chi connectivity index (χ4n) is 1.94. The summed E-state index contributed by atoms with van der Waals surface area (Å²) in [4.78, 5) is 14.8. The van der Waals surface area contributed by atoms with Crippen LogP contribution in [0, 0.1) is 16.1 Å². The predicted molar refractivity (Wildman–Crippen MR) is 73.2 cm³/mol. The molecule has 0 bridgehead atoms. The molecule has 0 saturated carbocycles. The second-order valence-corrected chi connectivity index (χ2v) is 4.46. The summed E-state index contributed by atoms with van der Waals surface area (Å²) in [7, 11) is 0. The molecule has 2 aromatic rings. The molecule has 0 spiro atoms. The van der Waals surface area contributed by atoms with Crippen molar-refractivity contribution in [2.24, 2.45) is 0 Å². The Balaban J connectivity index is 2.59. The molecule has 1 aromatic heterocycles. The Labute approximate surface area is 115 Å². The fraction of sp³-hybridized carbons (Fsp3) is 0.308. The first kappa shape index (κ1) is 13.3. The third kappa shape index (κ3) is 2.37. The van der Waals surface area contributed by atoms with Crippen LogP contribution in [0.25, 0.3) is 11.0 Å². The monoisotopic (exact) mass is 275 g/mol. The van der Waals surface area contributed by atoms with E-state index >= 15 is 0 Å². The Morgan fingerprint density at radius 3 is 3.00 bits per heavy atom. The number of aromatic amines is 1. The zero-order valence-corrected chi connectivity index (χ0v) is 11.5. The van der Waals surface area contributed by atoms with Gasteiger partial charge in [0.05, 0.1) is 29.3 Å². The molecule has 1 N–H and O–H groups in total. The van der Waals surface area contributed by atoms with E-state index in [9.17, 15) is 4.79 Å². The molecule has 1 unspecified atom stereocenters. The quantitative estimate of drug-likeness (QED) is 0.690. The van der Waals surface area contributed by atoms with Crippen LogP contribution in [0.5, 0.6) is 0 Å². The lowest BCUT2D eigenvalue weighted by molar-refractivity contribution is -0.146. The van der Waals surface area contributed by atoms with Crippen LogP contribution in [-0.2, 0) is 9.53 Å². The highest BCUT2D eigenvalue weighted by Crippen LogP contribution is 2.21. The molecule has 0 aliphatic heterocycles. The minimum Gasteiger partial charge on any atom is -0.464 e. The molecule has 0 fully saturated rings. The van der Waals surface area contributed by atoms with E-state index in [1.165, 1.54) is 0 Å². The number of carbonyl (C=O) groups excluding carboxylic acids is 1. The van der Waals surface area contributed by atoms with Gasteiger partial charge in [-0.25, -0.2) is 4.79 Å². The average molecular weight is 275 g/mol. The van der Waals surface area contributed by atoms with Gasteiger partial charge < -0.3 is 14.3 Å². The molecule has 5 nitrogen and oxygen atoms in total. The van der Waals surface area contributed by atoms with Crippen LogP contribution in [0.2, 0.25) is 0 Å². The number of nitriles is 1. The molecule has 0 saturated heterocycles. The smallest absolute Gasteiger partial charge is 0.328 e. The molecule has 2 rings (SSSR count). The van der Waals surface area contributed by atoms with Gasteiger partial charge in [0.25, 0.3) is 0 Å². The number of carbonyl (C=O) groups is 1. The van der Waals surface area contributed by atoms with Crippen molar-refractivity contribution in [1.82, 2.24) is 9.55 Å². The number of hydrogen-bond acceptors (Lipinski definition) is 4. The lowest BCUT2D eigenvalue weighted by Gasteiger charge is -2.13. The van der Waals surface area contributed by atoms with Crippen molar-refractivity contribution in [3.8, 4) is 6.07 Å². The zero-order valence-electron chi connectivity index (χ0n) is 10.6. The molecule has 0 aliphatic carbocycles. The van der Waals surface area contributed by atoms with Gasteiger partial charge in [0, 0.05) is 0 Å². The maximum atomic E-state index is 11.8. The Bertz CT molecular complexity index is 724. The maximum absolute atomic E-state index is 11.8. The van der Waals surface area contributed by atoms with Crippen LogP contribution in [0.4, 0.5) is 0 Å². The van der Waals surface area contributed by atoms with Crippen LogP contribution >= 0.6 is 12.2 Å². The van der Waals surface area contributed by atoms with Crippen molar-refractivity contribution in [2.45, 2.75) is 19.9 Å². The van der Waals surface area contributed by atoms with Crippen LogP contribution in [0.15, 0.2) is 18.2 Å². The van der Waals surface area contributed by atoms with E-state index < -0.39 is 6.04 Å². The number of nitrogens with zero attached hydrogens (tertiary/aromatic N) is 2. The van der Waals surface area contributed by atoms with Gasteiger partial charge in [-0.05, 0) is 44.3 Å². The molecule has 1 atom stereocenters. The molecule has 98 valence electrons. The predicted octanol–water partition coefficient (Wildman–Crippen LogP) is 2.69. The van der Waals surface area contributed by atoms with Crippen molar-refractivity contribution < 1.29 is 9.53 Å². The number of fused-ring (bicyclic) bond motifs is 1. The first-order valence-corrected chi connectivity index (χ1v) is 6.30. The lowest BCUT2D eigenvalue weighted by atomic mass is 10.2. The van der Waals surface area contributed by atoms with Gasteiger partial charge in [0.1, 0.15) is 6.04 Å². The Morgan fingerprint density at radius 2 is 2.37 bits per heavy atom. The third-order valence-corrected chi connectivity index (χ3v) is 3.16. The average Bonchev–Trinajstić information content (AvgIpc) is 2.72.